The van der Waals surface area contributed by atoms with Crippen molar-refractivity contribution in [2.24, 2.45) is 16.7 Å². The number of hydrogen-bond acceptors (Lipinski definition) is 6. The number of hydroxylamine groups is 1. The molecule has 2 fully saturated rings. The van der Waals surface area contributed by atoms with E-state index in [2.05, 4.69) is 25.6 Å². The van der Waals surface area contributed by atoms with Gasteiger partial charge in [-0.2, -0.15) is 5.26 Å². The fraction of sp³-hybridized carbons (Fsp3) is 0.786. The van der Waals surface area contributed by atoms with Gasteiger partial charge in [0.25, 0.3) is 0 Å². The zero-order valence-electron chi connectivity index (χ0n) is 12.5. The van der Waals surface area contributed by atoms with Crippen molar-refractivity contribution in [1.29, 1.82) is 5.26 Å². The van der Waals surface area contributed by atoms with Crippen LogP contribution in [0.5, 0.6) is 0 Å². The van der Waals surface area contributed by atoms with E-state index in [1.165, 1.54) is 6.42 Å². The van der Waals surface area contributed by atoms with Crippen molar-refractivity contribution in [3.63, 3.8) is 0 Å². The molecule has 0 radical (unpaired) electrons. The summed E-state index contributed by atoms with van der Waals surface area (Å²) in [6.07, 6.45) is 2.17. The molecule has 3 atom stereocenters. The molecule has 2 aliphatic rings. The Kier molecular flexibility index (Phi) is 4.38. The highest BCUT2D eigenvalue weighted by Gasteiger charge is 2.62. The number of hydrogen-bond donors (Lipinski definition) is 1. The average Bonchev–Trinajstić information content (AvgIpc) is 2.76. The monoisotopic (exact) mass is 312 g/mol. The Balaban J connectivity index is 1.82. The number of fused-ring (bicyclic) bond motifs is 2. The van der Waals surface area contributed by atoms with Gasteiger partial charge < -0.3 is 9.57 Å². The minimum Gasteiger partial charge on any atom is -0.444 e. The Hall–Kier alpha value is -1.42. The van der Waals surface area contributed by atoms with Crippen molar-refractivity contribution in [3.8, 4) is 5.40 Å². The van der Waals surface area contributed by atoms with Crippen LogP contribution in [0.4, 0.5) is 4.79 Å². The standard InChI is InChI=1S/C14H20N2O4S/c1-13(2)9-4-5-14(13,3)10(6-9)19-12(18)16-20-11(17)7-21-8-15/h9-10H,4-7H2,1-3H3,(H,16,18)/t9-,10?,14-/m1/s1. The first-order valence-corrected chi connectivity index (χ1v) is 7.97. The van der Waals surface area contributed by atoms with E-state index in [4.69, 9.17) is 10.00 Å². The number of thioether (sulfide) groups is 1. The second-order valence-corrected chi connectivity index (χ2v) is 7.22. The van der Waals surface area contributed by atoms with Crippen LogP contribution in [0, 0.1) is 27.4 Å². The first-order valence-electron chi connectivity index (χ1n) is 6.98. The highest BCUT2D eigenvalue weighted by atomic mass is 32.2. The van der Waals surface area contributed by atoms with Crippen molar-refractivity contribution >= 4 is 23.8 Å². The van der Waals surface area contributed by atoms with Crippen LogP contribution in [-0.4, -0.2) is 23.9 Å². The fourth-order valence-corrected chi connectivity index (χ4v) is 3.92. The molecule has 6 nitrogen and oxygen atoms in total. The molecule has 2 saturated carbocycles. The summed E-state index contributed by atoms with van der Waals surface area (Å²) in [5.74, 6) is -0.250. The topological polar surface area (TPSA) is 88.4 Å². The summed E-state index contributed by atoms with van der Waals surface area (Å²) in [6, 6.07) is 0. The molecule has 1 N–H and O–H groups in total. The van der Waals surface area contributed by atoms with E-state index in [1.54, 1.807) is 5.40 Å². The fourth-order valence-electron chi connectivity index (χ4n) is 3.68. The van der Waals surface area contributed by atoms with Gasteiger partial charge in [0.05, 0.1) is 0 Å². The molecule has 2 rings (SSSR count). The van der Waals surface area contributed by atoms with E-state index in [9.17, 15) is 9.59 Å². The second kappa shape index (κ2) is 5.76. The summed E-state index contributed by atoms with van der Waals surface area (Å²) < 4.78 is 5.44. The van der Waals surface area contributed by atoms with Crippen LogP contribution in [0.15, 0.2) is 0 Å². The Morgan fingerprint density at radius 2 is 2.14 bits per heavy atom. The van der Waals surface area contributed by atoms with Gasteiger partial charge >= 0.3 is 12.1 Å². The number of amides is 1. The minimum absolute atomic E-state index is 0.0321. The second-order valence-electron chi connectivity index (χ2n) is 6.46. The number of nitrogens with zero attached hydrogens (tertiary/aromatic N) is 1. The maximum atomic E-state index is 11.7. The quantitative estimate of drug-likeness (QED) is 0.636. The van der Waals surface area contributed by atoms with E-state index >= 15 is 0 Å². The molecule has 7 heteroatoms. The molecule has 1 amide bonds. The molecule has 0 spiro atoms. The third kappa shape index (κ3) is 2.82. The number of carbonyl (C=O) groups excluding carboxylic acids is 2. The van der Waals surface area contributed by atoms with Crippen molar-refractivity contribution in [2.75, 3.05) is 5.75 Å². The van der Waals surface area contributed by atoms with Gasteiger partial charge in [-0.3, -0.25) is 0 Å². The van der Waals surface area contributed by atoms with Gasteiger partial charge in [-0.1, -0.05) is 20.8 Å². The van der Waals surface area contributed by atoms with E-state index in [0.29, 0.717) is 5.92 Å². The van der Waals surface area contributed by atoms with Crippen molar-refractivity contribution < 1.29 is 19.2 Å². The molecule has 21 heavy (non-hydrogen) atoms. The molecule has 0 saturated heterocycles. The molecule has 2 aliphatic carbocycles. The summed E-state index contributed by atoms with van der Waals surface area (Å²) in [7, 11) is 0. The van der Waals surface area contributed by atoms with Crippen LogP contribution in [-0.2, 0) is 14.4 Å². The smallest absolute Gasteiger partial charge is 0.440 e. The average molecular weight is 312 g/mol. The van der Waals surface area contributed by atoms with Crippen LogP contribution in [0.2, 0.25) is 0 Å². The van der Waals surface area contributed by atoms with E-state index in [0.717, 1.165) is 24.6 Å². The third-order valence-corrected chi connectivity index (χ3v) is 5.98. The van der Waals surface area contributed by atoms with Gasteiger partial charge in [0.15, 0.2) is 0 Å². The summed E-state index contributed by atoms with van der Waals surface area (Å²) in [6.45, 7) is 6.61. The number of rotatable bonds is 3. The van der Waals surface area contributed by atoms with Gasteiger partial charge in [-0.05, 0) is 42.4 Å². The van der Waals surface area contributed by atoms with E-state index in [1.807, 2.05) is 5.48 Å². The number of thiocyanates is 1. The Bertz CT molecular complexity index is 488. The molecule has 0 heterocycles. The molecule has 0 aromatic rings. The molecule has 2 bridgehead atoms. The first kappa shape index (κ1) is 16.0. The van der Waals surface area contributed by atoms with Crippen LogP contribution in [0.3, 0.4) is 0 Å². The summed E-state index contributed by atoms with van der Waals surface area (Å²) in [4.78, 5) is 27.4. The molecule has 0 aliphatic heterocycles. The van der Waals surface area contributed by atoms with Crippen LogP contribution < -0.4 is 5.48 Å². The molecule has 1 unspecified atom stereocenters. The maximum Gasteiger partial charge on any atom is 0.440 e. The summed E-state index contributed by atoms with van der Waals surface area (Å²) >= 11 is 0.749. The first-order chi connectivity index (χ1) is 9.81. The number of carbonyl (C=O) groups is 2. The van der Waals surface area contributed by atoms with Crippen molar-refractivity contribution in [2.45, 2.75) is 46.1 Å². The Labute approximate surface area is 128 Å². The number of ether oxygens (including phenoxy) is 1. The summed E-state index contributed by atoms with van der Waals surface area (Å²) in [5, 5.41) is 10.1. The van der Waals surface area contributed by atoms with Gasteiger partial charge in [-0.15, -0.1) is 5.48 Å². The van der Waals surface area contributed by atoms with E-state index < -0.39 is 12.1 Å². The van der Waals surface area contributed by atoms with Crippen molar-refractivity contribution in [3.05, 3.63) is 0 Å². The predicted octanol–water partition coefficient (Wildman–Crippen LogP) is 2.60. The molecule has 0 aromatic carbocycles. The Morgan fingerprint density at radius 3 is 2.67 bits per heavy atom. The lowest BCUT2D eigenvalue weighted by molar-refractivity contribution is -0.147. The van der Waals surface area contributed by atoms with Crippen LogP contribution in [0.1, 0.15) is 40.0 Å². The highest BCUT2D eigenvalue weighted by molar-refractivity contribution is 8.04. The third-order valence-electron chi connectivity index (χ3n) is 5.47. The molecular formula is C14H20N2O4S. The molecular weight excluding hydrogens is 292 g/mol. The number of nitrogens with one attached hydrogen (secondary N) is 1. The SMILES string of the molecule is CC1(C)[C@@H]2CC[C@]1(C)C(OC(=O)NOC(=O)CSC#N)C2. The van der Waals surface area contributed by atoms with Gasteiger partial charge in [0.1, 0.15) is 17.3 Å². The number of nitriles is 1. The normalized spacial score (nSPS) is 32.3. The molecule has 116 valence electrons. The lowest BCUT2D eigenvalue weighted by atomic mass is 9.70. The predicted molar refractivity (Wildman–Crippen MR) is 76.8 cm³/mol. The maximum absolute atomic E-state index is 11.7. The highest BCUT2D eigenvalue weighted by Crippen LogP contribution is 2.66. The Morgan fingerprint density at radius 1 is 1.43 bits per heavy atom. The lowest BCUT2D eigenvalue weighted by Crippen LogP contribution is -2.41. The van der Waals surface area contributed by atoms with Crippen LogP contribution in [0.25, 0.3) is 0 Å². The zero-order chi connectivity index (χ0) is 15.7. The van der Waals surface area contributed by atoms with Crippen LogP contribution >= 0.6 is 11.8 Å². The molecule has 0 aromatic heterocycles. The van der Waals surface area contributed by atoms with Gasteiger partial charge in [0, 0.05) is 5.41 Å². The van der Waals surface area contributed by atoms with E-state index in [-0.39, 0.29) is 22.7 Å². The minimum atomic E-state index is -0.750. The van der Waals surface area contributed by atoms with Crippen molar-refractivity contribution in [1.82, 2.24) is 5.48 Å². The van der Waals surface area contributed by atoms with Gasteiger partial charge in [0.2, 0.25) is 0 Å². The van der Waals surface area contributed by atoms with Gasteiger partial charge in [-0.25, -0.2) is 9.59 Å². The zero-order valence-corrected chi connectivity index (χ0v) is 13.3. The summed E-state index contributed by atoms with van der Waals surface area (Å²) in [5.41, 5.74) is 2.11. The lowest BCUT2D eigenvalue weighted by Gasteiger charge is -2.38. The largest absolute Gasteiger partial charge is 0.444 e.